The molecule has 1 heterocycles. The standard InChI is InChI=1S/C29H31F3O6/c1-4-7-8-9-20-10-13-23(26(14-20)38-29(30,31)32)24-15-21-11-12-22(16-25(21)37-28(24)34)35-17-19(5-2)18-36-27(33)6-3/h6,10-16,19H,3-5,7-9,17-18H2,1-2H3. The Morgan fingerprint density at radius 2 is 1.84 bits per heavy atom. The van der Waals surface area contributed by atoms with Gasteiger partial charge in [0, 0.05) is 29.0 Å². The maximum absolute atomic E-state index is 13.2. The van der Waals surface area contributed by atoms with Gasteiger partial charge in [-0.3, -0.25) is 0 Å². The monoisotopic (exact) mass is 532 g/mol. The van der Waals surface area contributed by atoms with Crippen LogP contribution in [0.4, 0.5) is 13.2 Å². The van der Waals surface area contributed by atoms with Crippen LogP contribution in [0.5, 0.6) is 11.5 Å². The average Bonchev–Trinajstić information content (AvgIpc) is 2.87. The van der Waals surface area contributed by atoms with Crippen LogP contribution in [0.15, 0.2) is 64.3 Å². The number of ether oxygens (including phenoxy) is 3. The van der Waals surface area contributed by atoms with Crippen molar-refractivity contribution >= 4 is 16.9 Å². The molecular formula is C29H31F3O6. The summed E-state index contributed by atoms with van der Waals surface area (Å²) in [6, 6.07) is 10.8. The van der Waals surface area contributed by atoms with Gasteiger partial charge in [0.15, 0.2) is 0 Å². The van der Waals surface area contributed by atoms with Gasteiger partial charge in [0.25, 0.3) is 0 Å². The van der Waals surface area contributed by atoms with E-state index in [4.69, 9.17) is 13.9 Å². The Hall–Kier alpha value is -3.75. The molecule has 0 bridgehead atoms. The molecule has 0 fully saturated rings. The SMILES string of the molecule is C=CC(=O)OCC(CC)COc1ccc2cc(-c3ccc(CCCCC)cc3OC(F)(F)F)c(=O)oc2c1. The summed E-state index contributed by atoms with van der Waals surface area (Å²) in [5.41, 5.74) is 0.0658. The van der Waals surface area contributed by atoms with Crippen LogP contribution in [0.2, 0.25) is 0 Å². The second kappa shape index (κ2) is 13.2. The Labute approximate surface area is 219 Å². The van der Waals surface area contributed by atoms with E-state index in [1.807, 2.05) is 13.8 Å². The normalized spacial score (nSPS) is 12.2. The summed E-state index contributed by atoms with van der Waals surface area (Å²) in [6.07, 6.45) is 0.262. The number of fused-ring (bicyclic) bond motifs is 1. The van der Waals surface area contributed by atoms with Gasteiger partial charge >= 0.3 is 18.0 Å². The van der Waals surface area contributed by atoms with E-state index in [2.05, 4.69) is 11.3 Å². The second-order valence-corrected chi connectivity index (χ2v) is 8.90. The highest BCUT2D eigenvalue weighted by Crippen LogP contribution is 2.35. The van der Waals surface area contributed by atoms with E-state index in [-0.39, 0.29) is 35.8 Å². The minimum absolute atomic E-state index is 0.00241. The van der Waals surface area contributed by atoms with Crippen LogP contribution in [0, 0.1) is 5.92 Å². The zero-order chi connectivity index (χ0) is 27.7. The van der Waals surface area contributed by atoms with Crippen molar-refractivity contribution in [1.82, 2.24) is 0 Å². The smallest absolute Gasteiger partial charge is 0.493 e. The molecule has 0 saturated carbocycles. The van der Waals surface area contributed by atoms with Crippen molar-refractivity contribution in [2.24, 2.45) is 5.92 Å². The first-order valence-corrected chi connectivity index (χ1v) is 12.5. The number of hydrogen-bond acceptors (Lipinski definition) is 6. The summed E-state index contributed by atoms with van der Waals surface area (Å²) in [4.78, 5) is 24.1. The number of carbonyl (C=O) groups excluding carboxylic acids is 1. The lowest BCUT2D eigenvalue weighted by molar-refractivity contribution is -0.274. The van der Waals surface area contributed by atoms with Crippen molar-refractivity contribution < 1.29 is 36.6 Å². The van der Waals surface area contributed by atoms with Gasteiger partial charge in [-0.15, -0.1) is 13.2 Å². The van der Waals surface area contributed by atoms with Crippen LogP contribution in [0.3, 0.4) is 0 Å². The molecule has 3 aromatic rings. The maximum Gasteiger partial charge on any atom is 0.573 e. The van der Waals surface area contributed by atoms with Crippen molar-refractivity contribution in [3.63, 3.8) is 0 Å². The highest BCUT2D eigenvalue weighted by atomic mass is 19.4. The molecule has 1 atom stereocenters. The minimum atomic E-state index is -4.92. The van der Waals surface area contributed by atoms with Crippen molar-refractivity contribution in [3.05, 3.63) is 71.1 Å². The highest BCUT2D eigenvalue weighted by molar-refractivity contribution is 5.84. The van der Waals surface area contributed by atoms with Crippen LogP contribution in [0.1, 0.15) is 45.1 Å². The van der Waals surface area contributed by atoms with E-state index < -0.39 is 23.7 Å². The van der Waals surface area contributed by atoms with Crippen LogP contribution >= 0.6 is 0 Å². The van der Waals surface area contributed by atoms with Gasteiger partial charge in [-0.25, -0.2) is 9.59 Å². The van der Waals surface area contributed by atoms with E-state index in [1.54, 1.807) is 18.2 Å². The van der Waals surface area contributed by atoms with Crippen LogP contribution < -0.4 is 15.1 Å². The summed E-state index contributed by atoms with van der Waals surface area (Å²) in [5, 5.41) is 0.504. The number of unbranched alkanes of at least 4 members (excludes halogenated alkanes) is 2. The zero-order valence-corrected chi connectivity index (χ0v) is 21.4. The number of alkyl halides is 3. The summed E-state index contributed by atoms with van der Waals surface area (Å²) in [7, 11) is 0. The fourth-order valence-corrected chi connectivity index (χ4v) is 3.86. The first-order chi connectivity index (χ1) is 18.1. The maximum atomic E-state index is 13.2. The molecule has 3 rings (SSSR count). The quantitative estimate of drug-likeness (QED) is 0.100. The van der Waals surface area contributed by atoms with Gasteiger partial charge in [0.05, 0.1) is 18.8 Å². The molecule has 0 aliphatic carbocycles. The third-order valence-corrected chi connectivity index (χ3v) is 6.03. The topological polar surface area (TPSA) is 75.0 Å². The Kier molecular flexibility index (Phi) is 9.98. The van der Waals surface area contributed by atoms with E-state index in [0.717, 1.165) is 25.3 Å². The molecule has 0 aliphatic rings. The number of esters is 1. The van der Waals surface area contributed by atoms with E-state index in [9.17, 15) is 22.8 Å². The lowest BCUT2D eigenvalue weighted by atomic mass is 10.00. The predicted octanol–water partition coefficient (Wildman–Crippen LogP) is 7.23. The molecule has 0 amide bonds. The van der Waals surface area contributed by atoms with E-state index in [1.165, 1.54) is 24.3 Å². The molecule has 0 N–H and O–H groups in total. The lowest BCUT2D eigenvalue weighted by Crippen LogP contribution is -2.19. The molecule has 0 radical (unpaired) electrons. The molecule has 0 aliphatic heterocycles. The molecule has 1 unspecified atom stereocenters. The molecule has 0 spiro atoms. The van der Waals surface area contributed by atoms with E-state index >= 15 is 0 Å². The van der Waals surface area contributed by atoms with Gasteiger partial charge in [0.1, 0.15) is 17.1 Å². The lowest BCUT2D eigenvalue weighted by Gasteiger charge is -2.16. The van der Waals surface area contributed by atoms with Crippen molar-refractivity contribution in [1.29, 1.82) is 0 Å². The summed E-state index contributed by atoms with van der Waals surface area (Å²) < 4.78 is 60.1. The second-order valence-electron chi connectivity index (χ2n) is 8.90. The number of rotatable bonds is 13. The van der Waals surface area contributed by atoms with Gasteiger partial charge in [-0.05, 0) is 49.1 Å². The molecule has 6 nitrogen and oxygen atoms in total. The Morgan fingerprint density at radius 3 is 2.53 bits per heavy atom. The molecule has 204 valence electrons. The number of carbonyl (C=O) groups is 1. The fourth-order valence-electron chi connectivity index (χ4n) is 3.86. The average molecular weight is 533 g/mol. The summed E-state index contributed by atoms with van der Waals surface area (Å²) in [6.45, 7) is 7.77. The first kappa shape index (κ1) is 28.8. The van der Waals surface area contributed by atoms with Gasteiger partial charge in [-0.1, -0.05) is 45.4 Å². The summed E-state index contributed by atoms with van der Waals surface area (Å²) in [5.74, 6) is -0.581. The van der Waals surface area contributed by atoms with E-state index in [0.29, 0.717) is 29.5 Å². The number of aryl methyl sites for hydroxylation is 1. The number of hydrogen-bond donors (Lipinski definition) is 0. The number of benzene rings is 2. The van der Waals surface area contributed by atoms with Gasteiger partial charge in [-0.2, -0.15) is 0 Å². The van der Waals surface area contributed by atoms with Crippen LogP contribution in [-0.2, 0) is 16.0 Å². The van der Waals surface area contributed by atoms with Crippen LogP contribution in [0.25, 0.3) is 22.1 Å². The van der Waals surface area contributed by atoms with Crippen molar-refractivity contribution in [2.45, 2.75) is 52.3 Å². The number of halogens is 3. The Balaban J connectivity index is 1.86. The van der Waals surface area contributed by atoms with Crippen molar-refractivity contribution in [2.75, 3.05) is 13.2 Å². The summed E-state index contributed by atoms with van der Waals surface area (Å²) >= 11 is 0. The largest absolute Gasteiger partial charge is 0.573 e. The van der Waals surface area contributed by atoms with Gasteiger partial charge < -0.3 is 18.6 Å². The third-order valence-electron chi connectivity index (χ3n) is 6.03. The molecule has 2 aromatic carbocycles. The highest BCUT2D eigenvalue weighted by Gasteiger charge is 2.33. The first-order valence-electron chi connectivity index (χ1n) is 12.5. The molecule has 0 saturated heterocycles. The van der Waals surface area contributed by atoms with Crippen molar-refractivity contribution in [3.8, 4) is 22.6 Å². The van der Waals surface area contributed by atoms with Gasteiger partial charge in [0.2, 0.25) is 0 Å². The Morgan fingerprint density at radius 1 is 1.05 bits per heavy atom. The molecule has 38 heavy (non-hydrogen) atoms. The molecular weight excluding hydrogens is 501 g/mol. The Bertz CT molecular complexity index is 1310. The fraction of sp³-hybridized carbons (Fsp3) is 0.379. The molecule has 9 heteroatoms. The molecule has 1 aromatic heterocycles. The predicted molar refractivity (Wildman–Crippen MR) is 138 cm³/mol. The van der Waals surface area contributed by atoms with Crippen LogP contribution in [-0.4, -0.2) is 25.5 Å². The zero-order valence-electron chi connectivity index (χ0n) is 21.4. The minimum Gasteiger partial charge on any atom is -0.493 e. The third kappa shape index (κ3) is 8.13.